The number of thioether (sulfide) groups is 1. The van der Waals surface area contributed by atoms with Gasteiger partial charge in [-0.25, -0.2) is 9.18 Å². The summed E-state index contributed by atoms with van der Waals surface area (Å²) in [6.07, 6.45) is 5.90. The first-order valence-electron chi connectivity index (χ1n) is 10.3. The third-order valence-corrected chi connectivity index (χ3v) is 7.63. The second kappa shape index (κ2) is 7.32. The number of halogens is 1. The van der Waals surface area contributed by atoms with Crippen molar-refractivity contribution in [2.45, 2.75) is 49.0 Å². The van der Waals surface area contributed by atoms with E-state index in [9.17, 15) is 19.1 Å². The van der Waals surface area contributed by atoms with Crippen LogP contribution in [0.1, 0.15) is 42.5 Å². The summed E-state index contributed by atoms with van der Waals surface area (Å²) >= 11 is 1.35. The molecule has 0 bridgehead atoms. The van der Waals surface area contributed by atoms with Crippen LogP contribution in [0, 0.1) is 5.82 Å². The lowest BCUT2D eigenvalue weighted by Crippen LogP contribution is -2.47. The van der Waals surface area contributed by atoms with Gasteiger partial charge in [0.05, 0.1) is 22.1 Å². The highest BCUT2D eigenvalue weighted by molar-refractivity contribution is 7.99. The first kappa shape index (κ1) is 18.9. The fourth-order valence-corrected chi connectivity index (χ4v) is 5.90. The molecule has 1 aromatic carbocycles. The number of anilines is 1. The summed E-state index contributed by atoms with van der Waals surface area (Å²) in [6.45, 7) is 3.94. The molecular weight excluding hydrogens is 393 g/mol. The van der Waals surface area contributed by atoms with Crippen LogP contribution in [0.2, 0.25) is 0 Å². The van der Waals surface area contributed by atoms with Crippen molar-refractivity contribution in [2.24, 2.45) is 0 Å². The van der Waals surface area contributed by atoms with Crippen molar-refractivity contribution in [2.75, 3.05) is 31.1 Å². The van der Waals surface area contributed by atoms with Crippen LogP contribution in [0.15, 0.2) is 22.0 Å². The number of piperidine rings is 2. The van der Waals surface area contributed by atoms with Crippen molar-refractivity contribution < 1.29 is 14.3 Å². The number of carboxylic acid groups (broad SMARTS) is 1. The first-order chi connectivity index (χ1) is 14.0. The monoisotopic (exact) mass is 417 g/mol. The van der Waals surface area contributed by atoms with Gasteiger partial charge in [-0.1, -0.05) is 18.2 Å². The van der Waals surface area contributed by atoms with Gasteiger partial charge in [-0.05, 0) is 50.9 Å². The number of likely N-dealkylation sites (tertiary alicyclic amines) is 1. The average Bonchev–Trinajstić information content (AvgIpc) is 2.71. The van der Waals surface area contributed by atoms with E-state index < -0.39 is 17.2 Å². The number of hydrogen-bond acceptors (Lipinski definition) is 5. The summed E-state index contributed by atoms with van der Waals surface area (Å²) < 4.78 is 16.8. The van der Waals surface area contributed by atoms with Crippen LogP contribution >= 0.6 is 11.8 Å². The van der Waals surface area contributed by atoms with Gasteiger partial charge in [0.25, 0.3) is 0 Å². The highest BCUT2D eigenvalue weighted by Gasteiger charge is 2.30. The quantitative estimate of drug-likeness (QED) is 0.826. The van der Waals surface area contributed by atoms with E-state index in [0.29, 0.717) is 28.1 Å². The molecule has 0 atom stereocenters. The smallest absolute Gasteiger partial charge is 0.342 e. The van der Waals surface area contributed by atoms with Gasteiger partial charge in [-0.15, -0.1) is 0 Å². The van der Waals surface area contributed by atoms with E-state index in [-0.39, 0.29) is 10.9 Å². The van der Waals surface area contributed by atoms with Crippen LogP contribution in [0.5, 0.6) is 0 Å². The largest absolute Gasteiger partial charge is 0.477 e. The summed E-state index contributed by atoms with van der Waals surface area (Å²) in [6, 6.07) is 3.54. The number of carboxylic acids is 1. The Morgan fingerprint density at radius 3 is 2.45 bits per heavy atom. The van der Waals surface area contributed by atoms with Crippen molar-refractivity contribution in [3.8, 4) is 0 Å². The Hall–Kier alpha value is -2.06. The molecule has 2 fully saturated rings. The molecular formula is C21H24FN3O3S. The van der Waals surface area contributed by atoms with E-state index in [1.807, 2.05) is 4.57 Å². The predicted molar refractivity (Wildman–Crippen MR) is 112 cm³/mol. The van der Waals surface area contributed by atoms with Gasteiger partial charge in [-0.3, -0.25) is 4.79 Å². The van der Waals surface area contributed by atoms with E-state index in [4.69, 9.17) is 0 Å². The van der Waals surface area contributed by atoms with Crippen molar-refractivity contribution >= 4 is 34.3 Å². The van der Waals surface area contributed by atoms with Crippen LogP contribution in [-0.2, 0) is 5.88 Å². The fourth-order valence-electron chi connectivity index (χ4n) is 4.95. The third kappa shape index (κ3) is 3.13. The number of nitrogens with zero attached hydrogens (tertiary/aromatic N) is 3. The number of benzene rings is 1. The van der Waals surface area contributed by atoms with Gasteiger partial charge in [0.1, 0.15) is 11.4 Å². The molecule has 0 saturated carbocycles. The molecule has 2 saturated heterocycles. The first-order valence-corrected chi connectivity index (χ1v) is 11.3. The molecule has 3 aliphatic heterocycles. The number of pyridine rings is 1. The minimum Gasteiger partial charge on any atom is -0.477 e. The molecule has 1 N–H and O–H groups in total. The second-order valence-electron chi connectivity index (χ2n) is 8.15. The number of fused-ring (bicyclic) bond motifs is 3. The minimum absolute atomic E-state index is 0.149. The fraction of sp³-hybridized carbons (Fsp3) is 0.524. The molecule has 29 heavy (non-hydrogen) atoms. The Bertz CT molecular complexity index is 1040. The maximum absolute atomic E-state index is 15.0. The Balaban J connectivity index is 1.45. The summed E-state index contributed by atoms with van der Waals surface area (Å²) in [4.78, 5) is 28.8. The molecule has 6 nitrogen and oxygen atoms in total. The van der Waals surface area contributed by atoms with Crippen molar-refractivity contribution in [1.29, 1.82) is 0 Å². The van der Waals surface area contributed by atoms with Crippen LogP contribution in [0.3, 0.4) is 0 Å². The number of rotatable bonds is 3. The van der Waals surface area contributed by atoms with E-state index >= 15 is 0 Å². The lowest BCUT2D eigenvalue weighted by molar-refractivity contribution is 0.0689. The molecule has 0 spiro atoms. The summed E-state index contributed by atoms with van der Waals surface area (Å²) in [7, 11) is 0. The zero-order chi connectivity index (χ0) is 20.1. The van der Waals surface area contributed by atoms with Crippen LogP contribution in [0.4, 0.5) is 10.1 Å². The van der Waals surface area contributed by atoms with Gasteiger partial charge in [-0.2, -0.15) is 0 Å². The van der Waals surface area contributed by atoms with Crippen molar-refractivity contribution in [3.63, 3.8) is 0 Å². The van der Waals surface area contributed by atoms with Gasteiger partial charge in [0.15, 0.2) is 0 Å². The maximum atomic E-state index is 15.0. The lowest BCUT2D eigenvalue weighted by atomic mass is 9.99. The second-order valence-corrected chi connectivity index (χ2v) is 9.09. The molecule has 4 heterocycles. The van der Waals surface area contributed by atoms with Crippen LogP contribution < -0.4 is 10.3 Å². The van der Waals surface area contributed by atoms with E-state index in [0.717, 1.165) is 25.9 Å². The molecule has 8 heteroatoms. The average molecular weight is 418 g/mol. The number of carbonyl (C=O) groups is 1. The number of aromatic nitrogens is 1. The Morgan fingerprint density at radius 1 is 1.10 bits per heavy atom. The third-order valence-electron chi connectivity index (χ3n) is 6.54. The van der Waals surface area contributed by atoms with E-state index in [1.54, 1.807) is 6.07 Å². The van der Waals surface area contributed by atoms with Gasteiger partial charge < -0.3 is 19.5 Å². The summed E-state index contributed by atoms with van der Waals surface area (Å²) in [5, 5.41) is 10.0. The standard InChI is InChI=1S/C21H24FN3O3S/c22-15-10-14-16(25-12-29-20(25)18(19(14)26)21(27)28)11-17(15)24-8-4-13(5-9-24)23-6-2-1-3-7-23/h10-11,13H,1-9,12H2,(H,27,28). The number of aromatic carboxylic acids is 1. The topological polar surface area (TPSA) is 65.8 Å². The molecule has 3 aliphatic rings. The molecule has 2 aromatic rings. The molecule has 154 valence electrons. The Labute approximate surface area is 172 Å². The SMILES string of the molecule is O=C(O)c1c2n(c3cc(N4CCC(N5CCCCC5)CC4)c(F)cc3c1=O)CS2. The summed E-state index contributed by atoms with van der Waals surface area (Å²) in [5.41, 5.74) is 0.301. The van der Waals surface area contributed by atoms with Gasteiger partial charge in [0.2, 0.25) is 5.43 Å². The van der Waals surface area contributed by atoms with Crippen molar-refractivity contribution in [1.82, 2.24) is 9.47 Å². The summed E-state index contributed by atoms with van der Waals surface area (Å²) in [5.74, 6) is -1.12. The highest BCUT2D eigenvalue weighted by atomic mass is 32.2. The highest BCUT2D eigenvalue weighted by Crippen LogP contribution is 2.38. The Kier molecular flexibility index (Phi) is 4.78. The molecule has 5 rings (SSSR count). The molecule has 0 unspecified atom stereocenters. The number of hydrogen-bond donors (Lipinski definition) is 1. The minimum atomic E-state index is -1.25. The van der Waals surface area contributed by atoms with E-state index in [2.05, 4.69) is 9.80 Å². The zero-order valence-corrected chi connectivity index (χ0v) is 17.0. The van der Waals surface area contributed by atoms with E-state index in [1.165, 1.54) is 50.2 Å². The molecule has 0 amide bonds. The normalized spacial score (nSPS) is 20.5. The molecule has 0 radical (unpaired) electrons. The Morgan fingerprint density at radius 2 is 1.83 bits per heavy atom. The predicted octanol–water partition coefficient (Wildman–Crippen LogP) is 3.36. The molecule has 0 aliphatic carbocycles. The van der Waals surface area contributed by atoms with Crippen LogP contribution in [0.25, 0.3) is 10.9 Å². The maximum Gasteiger partial charge on any atom is 0.342 e. The lowest BCUT2D eigenvalue weighted by Gasteiger charge is -2.41. The molecule has 1 aromatic heterocycles. The van der Waals surface area contributed by atoms with Gasteiger partial charge >= 0.3 is 5.97 Å². The van der Waals surface area contributed by atoms with Crippen molar-refractivity contribution in [3.05, 3.63) is 33.7 Å². The van der Waals surface area contributed by atoms with Crippen LogP contribution in [-0.4, -0.2) is 52.8 Å². The van der Waals surface area contributed by atoms with Gasteiger partial charge in [0, 0.05) is 24.5 Å². The zero-order valence-electron chi connectivity index (χ0n) is 16.2.